The van der Waals surface area contributed by atoms with E-state index >= 15 is 0 Å². The van der Waals surface area contributed by atoms with Crippen molar-refractivity contribution in [2.24, 2.45) is 5.73 Å². The lowest BCUT2D eigenvalue weighted by atomic mass is 9.96. The number of nitrogens with two attached hydrogens (primary N) is 1. The van der Waals surface area contributed by atoms with E-state index < -0.39 is 6.04 Å². The SMILES string of the molecule is C#CCC(N)C(=O)Nc1ccc2nc(C(C)(C)C)[nH]c2c1. The first-order chi connectivity index (χ1) is 9.81. The highest BCUT2D eigenvalue weighted by Gasteiger charge is 2.18. The highest BCUT2D eigenvalue weighted by atomic mass is 16.2. The molecule has 1 aromatic heterocycles. The molecule has 110 valence electrons. The van der Waals surface area contributed by atoms with Gasteiger partial charge in [-0.05, 0) is 18.2 Å². The fraction of sp³-hybridized carbons (Fsp3) is 0.375. The van der Waals surface area contributed by atoms with Gasteiger partial charge in [-0.1, -0.05) is 20.8 Å². The van der Waals surface area contributed by atoms with Crippen LogP contribution in [0.2, 0.25) is 0 Å². The van der Waals surface area contributed by atoms with Gasteiger partial charge < -0.3 is 16.0 Å². The molecule has 5 heteroatoms. The molecular weight excluding hydrogens is 264 g/mol. The van der Waals surface area contributed by atoms with Gasteiger partial charge >= 0.3 is 0 Å². The molecule has 5 nitrogen and oxygen atoms in total. The summed E-state index contributed by atoms with van der Waals surface area (Å²) in [5.41, 5.74) is 8.03. The minimum absolute atomic E-state index is 0.0580. The number of terminal acetylenes is 1. The van der Waals surface area contributed by atoms with Gasteiger partial charge in [0.25, 0.3) is 0 Å². The van der Waals surface area contributed by atoms with E-state index in [-0.39, 0.29) is 17.7 Å². The van der Waals surface area contributed by atoms with E-state index in [0.29, 0.717) is 5.69 Å². The molecule has 0 aliphatic rings. The van der Waals surface area contributed by atoms with Crippen LogP contribution in [-0.4, -0.2) is 21.9 Å². The van der Waals surface area contributed by atoms with Crippen LogP contribution < -0.4 is 11.1 Å². The predicted octanol–water partition coefficient (Wildman–Crippen LogP) is 2.15. The number of imidazole rings is 1. The molecule has 0 radical (unpaired) electrons. The Morgan fingerprint density at radius 1 is 1.52 bits per heavy atom. The number of amides is 1. The molecule has 0 spiro atoms. The molecule has 1 unspecified atom stereocenters. The third-order valence-corrected chi connectivity index (χ3v) is 3.13. The Hall–Kier alpha value is -2.32. The average Bonchev–Trinajstić information content (AvgIpc) is 2.82. The Kier molecular flexibility index (Phi) is 4.01. The number of benzene rings is 1. The van der Waals surface area contributed by atoms with Crippen molar-refractivity contribution in [2.45, 2.75) is 38.6 Å². The van der Waals surface area contributed by atoms with Gasteiger partial charge in [0.05, 0.1) is 17.1 Å². The van der Waals surface area contributed by atoms with Crippen molar-refractivity contribution in [1.82, 2.24) is 9.97 Å². The van der Waals surface area contributed by atoms with Crippen LogP contribution >= 0.6 is 0 Å². The van der Waals surface area contributed by atoms with Crippen molar-refractivity contribution >= 4 is 22.6 Å². The third kappa shape index (κ3) is 3.41. The quantitative estimate of drug-likeness (QED) is 0.755. The molecule has 0 aliphatic heterocycles. The number of carbonyl (C=O) groups is 1. The van der Waals surface area contributed by atoms with Crippen LogP contribution in [0.3, 0.4) is 0 Å². The van der Waals surface area contributed by atoms with Gasteiger partial charge in [0.15, 0.2) is 0 Å². The van der Waals surface area contributed by atoms with Crippen molar-refractivity contribution in [3.05, 3.63) is 24.0 Å². The molecule has 1 heterocycles. The Bertz CT molecular complexity index is 703. The number of rotatable bonds is 3. The second kappa shape index (κ2) is 5.58. The third-order valence-electron chi connectivity index (χ3n) is 3.13. The Labute approximate surface area is 124 Å². The van der Waals surface area contributed by atoms with E-state index in [0.717, 1.165) is 16.9 Å². The largest absolute Gasteiger partial charge is 0.341 e. The highest BCUT2D eigenvalue weighted by Crippen LogP contribution is 2.24. The summed E-state index contributed by atoms with van der Waals surface area (Å²) in [5.74, 6) is 3.00. The van der Waals surface area contributed by atoms with Gasteiger partial charge in [-0.15, -0.1) is 12.3 Å². The molecular formula is C16H20N4O. The minimum Gasteiger partial charge on any atom is -0.341 e. The van der Waals surface area contributed by atoms with Crippen LogP contribution in [0.25, 0.3) is 11.0 Å². The molecule has 1 amide bonds. The van der Waals surface area contributed by atoms with E-state index in [1.165, 1.54) is 0 Å². The van der Waals surface area contributed by atoms with Crippen molar-refractivity contribution in [2.75, 3.05) is 5.32 Å². The fourth-order valence-electron chi connectivity index (χ4n) is 1.90. The fourth-order valence-corrected chi connectivity index (χ4v) is 1.90. The van der Waals surface area contributed by atoms with Crippen LogP contribution in [0.1, 0.15) is 33.0 Å². The van der Waals surface area contributed by atoms with E-state index in [4.69, 9.17) is 12.2 Å². The molecule has 0 aliphatic carbocycles. The summed E-state index contributed by atoms with van der Waals surface area (Å²) in [6.45, 7) is 6.27. The van der Waals surface area contributed by atoms with Crippen LogP contribution in [0.15, 0.2) is 18.2 Å². The first kappa shape index (κ1) is 15.1. The number of H-pyrrole nitrogens is 1. The summed E-state index contributed by atoms with van der Waals surface area (Å²) < 4.78 is 0. The van der Waals surface area contributed by atoms with Crippen molar-refractivity contribution in [1.29, 1.82) is 0 Å². The second-order valence-corrected chi connectivity index (χ2v) is 6.07. The van der Waals surface area contributed by atoms with E-state index in [9.17, 15) is 4.79 Å². The summed E-state index contributed by atoms with van der Waals surface area (Å²) in [6.07, 6.45) is 5.37. The maximum absolute atomic E-state index is 11.8. The Morgan fingerprint density at radius 2 is 2.24 bits per heavy atom. The van der Waals surface area contributed by atoms with Crippen LogP contribution in [0.4, 0.5) is 5.69 Å². The maximum atomic E-state index is 11.8. The molecule has 0 saturated heterocycles. The molecule has 21 heavy (non-hydrogen) atoms. The summed E-state index contributed by atoms with van der Waals surface area (Å²) >= 11 is 0. The molecule has 1 aromatic carbocycles. The van der Waals surface area contributed by atoms with Crippen LogP contribution in [0, 0.1) is 12.3 Å². The number of aromatic nitrogens is 2. The molecule has 1 atom stereocenters. The number of hydrogen-bond acceptors (Lipinski definition) is 3. The number of aromatic amines is 1. The minimum atomic E-state index is -0.697. The molecule has 4 N–H and O–H groups in total. The smallest absolute Gasteiger partial charge is 0.242 e. The van der Waals surface area contributed by atoms with E-state index in [1.807, 2.05) is 12.1 Å². The molecule has 2 aromatic rings. The zero-order valence-corrected chi connectivity index (χ0v) is 12.5. The lowest BCUT2D eigenvalue weighted by molar-refractivity contribution is -0.117. The second-order valence-electron chi connectivity index (χ2n) is 6.07. The summed E-state index contributed by atoms with van der Waals surface area (Å²) in [6, 6.07) is 4.81. The lowest BCUT2D eigenvalue weighted by Crippen LogP contribution is -2.35. The number of hydrogen-bond donors (Lipinski definition) is 3. The zero-order valence-electron chi connectivity index (χ0n) is 12.5. The first-order valence-electron chi connectivity index (χ1n) is 6.81. The molecule has 0 fully saturated rings. The van der Waals surface area contributed by atoms with Gasteiger partial charge in [-0.3, -0.25) is 4.79 Å². The normalized spacial score (nSPS) is 12.9. The standard InChI is InChI=1S/C16H20N4O/c1-5-6-11(17)14(21)18-10-7-8-12-13(9-10)20-15(19-12)16(2,3)4/h1,7-9,11H,6,17H2,2-4H3,(H,18,21)(H,19,20). The number of anilines is 1. The first-order valence-corrected chi connectivity index (χ1v) is 6.81. The molecule has 2 rings (SSSR count). The van der Waals surface area contributed by atoms with Gasteiger partial charge in [0.1, 0.15) is 5.82 Å². The lowest BCUT2D eigenvalue weighted by Gasteiger charge is -2.13. The van der Waals surface area contributed by atoms with Gasteiger partial charge in [-0.25, -0.2) is 4.98 Å². The summed E-state index contributed by atoms with van der Waals surface area (Å²) in [4.78, 5) is 19.7. The van der Waals surface area contributed by atoms with Crippen molar-refractivity contribution in [3.63, 3.8) is 0 Å². The number of carbonyl (C=O) groups excluding carboxylic acids is 1. The van der Waals surface area contributed by atoms with Crippen molar-refractivity contribution < 1.29 is 4.79 Å². The number of fused-ring (bicyclic) bond motifs is 1. The van der Waals surface area contributed by atoms with Gasteiger partial charge in [-0.2, -0.15) is 0 Å². The predicted molar refractivity (Wildman–Crippen MR) is 84.8 cm³/mol. The Balaban J connectivity index is 2.23. The molecule has 0 saturated carbocycles. The summed E-state index contributed by atoms with van der Waals surface area (Å²) in [7, 11) is 0. The molecule has 0 bridgehead atoms. The van der Waals surface area contributed by atoms with E-state index in [1.54, 1.807) is 6.07 Å². The van der Waals surface area contributed by atoms with Crippen LogP contribution in [-0.2, 0) is 10.2 Å². The maximum Gasteiger partial charge on any atom is 0.242 e. The summed E-state index contributed by atoms with van der Waals surface area (Å²) in [5, 5.41) is 2.76. The monoisotopic (exact) mass is 284 g/mol. The van der Waals surface area contributed by atoms with Crippen molar-refractivity contribution in [3.8, 4) is 12.3 Å². The zero-order chi connectivity index (χ0) is 15.6. The van der Waals surface area contributed by atoms with E-state index in [2.05, 4.69) is 42.0 Å². The number of nitrogens with one attached hydrogen (secondary N) is 2. The topological polar surface area (TPSA) is 83.8 Å². The van der Waals surface area contributed by atoms with Gasteiger partial charge in [0, 0.05) is 17.5 Å². The van der Waals surface area contributed by atoms with Gasteiger partial charge in [0.2, 0.25) is 5.91 Å². The average molecular weight is 284 g/mol. The number of nitrogens with zero attached hydrogens (tertiary/aromatic N) is 1. The Morgan fingerprint density at radius 3 is 2.86 bits per heavy atom. The van der Waals surface area contributed by atoms with Crippen LogP contribution in [0.5, 0.6) is 0 Å². The highest BCUT2D eigenvalue weighted by molar-refractivity contribution is 5.96.